The molecule has 1 saturated heterocycles. The lowest BCUT2D eigenvalue weighted by molar-refractivity contribution is 0.148. The lowest BCUT2D eigenvalue weighted by Gasteiger charge is -2.30. The summed E-state index contributed by atoms with van der Waals surface area (Å²) in [6.45, 7) is 1.97. The molecule has 31 heavy (non-hydrogen) atoms. The summed E-state index contributed by atoms with van der Waals surface area (Å²) in [5, 5.41) is 3.31. The minimum absolute atomic E-state index is 0.0121. The predicted molar refractivity (Wildman–Crippen MR) is 114 cm³/mol. The van der Waals surface area contributed by atoms with Gasteiger partial charge in [-0.1, -0.05) is 13.3 Å². The molecule has 2 aromatic rings. The summed E-state index contributed by atoms with van der Waals surface area (Å²) in [7, 11) is -4.41. The van der Waals surface area contributed by atoms with Gasteiger partial charge in [0.1, 0.15) is 7.02 Å². The van der Waals surface area contributed by atoms with Crippen molar-refractivity contribution in [1.29, 1.82) is 0 Å². The largest absolute Gasteiger partial charge is 0.351 e. The second kappa shape index (κ2) is 8.42. The molecule has 1 saturated carbocycles. The highest BCUT2D eigenvalue weighted by atomic mass is 32.2. The Morgan fingerprint density at radius 1 is 1.29 bits per heavy atom. The van der Waals surface area contributed by atoms with Crippen LogP contribution in [0.3, 0.4) is 0 Å². The lowest BCUT2D eigenvalue weighted by Crippen LogP contribution is -2.42. The van der Waals surface area contributed by atoms with E-state index in [-0.39, 0.29) is 48.1 Å². The third kappa shape index (κ3) is 4.43. The summed E-state index contributed by atoms with van der Waals surface area (Å²) in [5.41, 5.74) is -1.66. The molecule has 3 heterocycles. The van der Waals surface area contributed by atoms with Gasteiger partial charge in [0.25, 0.3) is 12.0 Å². The Labute approximate surface area is 185 Å². The normalized spacial score (nSPS) is 26.3. The average molecular weight is 460 g/mol. The van der Waals surface area contributed by atoms with Gasteiger partial charge in [-0.2, -0.15) is 4.98 Å². The Hall–Kier alpha value is -2.14. The Bertz CT molecular complexity index is 1270. The molecular formula is C20H27F2N5O3S. The van der Waals surface area contributed by atoms with Crippen molar-refractivity contribution in [3.05, 3.63) is 28.2 Å². The van der Waals surface area contributed by atoms with E-state index in [4.69, 9.17) is 5.48 Å². The van der Waals surface area contributed by atoms with Crippen molar-refractivity contribution in [3.8, 4) is 0 Å². The maximum atomic E-state index is 13.9. The molecule has 0 unspecified atom stereocenters. The van der Waals surface area contributed by atoms with Crippen LogP contribution in [-0.4, -0.2) is 52.6 Å². The van der Waals surface area contributed by atoms with Crippen LogP contribution in [0.15, 0.2) is 17.1 Å². The fourth-order valence-electron chi connectivity index (χ4n) is 4.57. The van der Waals surface area contributed by atoms with Crippen molar-refractivity contribution in [1.82, 2.24) is 18.8 Å². The van der Waals surface area contributed by atoms with E-state index in [0.29, 0.717) is 19.3 Å². The van der Waals surface area contributed by atoms with Crippen molar-refractivity contribution in [3.63, 3.8) is 0 Å². The summed E-state index contributed by atoms with van der Waals surface area (Å²) in [5.74, 6) is 0.222. The molecule has 2 fully saturated rings. The van der Waals surface area contributed by atoms with Crippen LogP contribution in [0.4, 0.5) is 14.7 Å². The average Bonchev–Trinajstić information content (AvgIpc) is 3.17. The number of hydrogen-bond acceptors (Lipinski definition) is 6. The maximum absolute atomic E-state index is 13.9. The number of halogens is 2. The van der Waals surface area contributed by atoms with Crippen molar-refractivity contribution in [2.75, 3.05) is 24.6 Å². The van der Waals surface area contributed by atoms with Gasteiger partial charge in [-0.25, -0.2) is 26.5 Å². The molecule has 0 spiro atoms. The molecule has 1 N–H and O–H groups in total. The fraction of sp³-hybridized carbons (Fsp3) is 0.650. The zero-order chi connectivity index (χ0) is 25.8. The molecule has 8 nitrogen and oxygen atoms in total. The number of aromatic nitrogens is 3. The Morgan fingerprint density at radius 2 is 2.03 bits per heavy atom. The minimum atomic E-state index is -4.41. The van der Waals surface area contributed by atoms with Crippen molar-refractivity contribution < 1.29 is 22.7 Å². The van der Waals surface area contributed by atoms with Gasteiger partial charge < -0.3 is 5.32 Å². The number of piperidine rings is 1. The quantitative estimate of drug-likeness (QED) is 0.739. The van der Waals surface area contributed by atoms with Crippen LogP contribution in [-0.2, 0) is 10.0 Å². The molecule has 2 aromatic heterocycles. The zero-order valence-corrected chi connectivity index (χ0v) is 17.8. The van der Waals surface area contributed by atoms with Gasteiger partial charge in [-0.15, -0.1) is 0 Å². The number of anilines is 1. The number of fused-ring (bicyclic) bond motifs is 1. The molecule has 0 radical (unpaired) electrons. The van der Waals surface area contributed by atoms with Crippen LogP contribution in [0.2, 0.25) is 0 Å². The SMILES string of the molecule is [2H]C(F)(F)c1cc2cnc(NC3CCN(S(=O)(=O)C([2H])([2H])[2H])CC3)nc2n([C@@H]2CCC[C@@H]2C)c1=O. The van der Waals surface area contributed by atoms with Gasteiger partial charge in [-0.05, 0) is 37.7 Å². The molecule has 0 aromatic carbocycles. The Kier molecular flexibility index (Phi) is 4.73. The number of nitrogens with zero attached hydrogens (tertiary/aromatic N) is 4. The van der Waals surface area contributed by atoms with E-state index in [1.807, 2.05) is 6.92 Å². The highest BCUT2D eigenvalue weighted by molar-refractivity contribution is 7.88. The van der Waals surface area contributed by atoms with Crippen LogP contribution in [0.5, 0.6) is 0 Å². The smallest absolute Gasteiger partial charge is 0.269 e. The van der Waals surface area contributed by atoms with Crippen LogP contribution < -0.4 is 10.9 Å². The van der Waals surface area contributed by atoms with E-state index < -0.39 is 33.7 Å². The third-order valence-corrected chi connectivity index (χ3v) is 7.30. The van der Waals surface area contributed by atoms with Crippen LogP contribution in [0, 0.1) is 5.92 Å². The second-order valence-electron chi connectivity index (χ2n) is 8.26. The van der Waals surface area contributed by atoms with Crippen molar-refractivity contribution >= 4 is 27.0 Å². The van der Waals surface area contributed by atoms with Crippen LogP contribution >= 0.6 is 0 Å². The van der Waals surface area contributed by atoms with Gasteiger partial charge >= 0.3 is 0 Å². The van der Waals surface area contributed by atoms with Gasteiger partial charge in [0.05, 0.1) is 11.7 Å². The van der Waals surface area contributed by atoms with E-state index in [9.17, 15) is 22.0 Å². The summed E-state index contributed by atoms with van der Waals surface area (Å²) in [6.07, 6.45) is -2.92. The predicted octanol–water partition coefficient (Wildman–Crippen LogP) is 2.93. The first kappa shape index (κ1) is 17.4. The van der Waals surface area contributed by atoms with E-state index in [0.717, 1.165) is 23.2 Å². The Balaban J connectivity index is 1.63. The summed E-state index contributed by atoms with van der Waals surface area (Å²) >= 11 is 0. The van der Waals surface area contributed by atoms with Gasteiger partial charge in [0.2, 0.25) is 16.0 Å². The highest BCUT2D eigenvalue weighted by Gasteiger charge is 2.30. The molecule has 1 aliphatic carbocycles. The summed E-state index contributed by atoms with van der Waals surface area (Å²) < 4.78 is 83.2. The first-order valence-electron chi connectivity index (χ1n) is 12.3. The molecule has 0 bridgehead atoms. The fourth-order valence-corrected chi connectivity index (χ4v) is 5.26. The van der Waals surface area contributed by atoms with Gasteiger partial charge in [-0.3, -0.25) is 9.36 Å². The first-order valence-corrected chi connectivity index (χ1v) is 11.7. The molecule has 1 aliphatic heterocycles. The Morgan fingerprint density at radius 3 is 2.65 bits per heavy atom. The van der Waals surface area contributed by atoms with E-state index in [2.05, 4.69) is 15.3 Å². The van der Waals surface area contributed by atoms with Crippen LogP contribution in [0.1, 0.15) is 62.5 Å². The molecule has 2 atom stereocenters. The molecular weight excluding hydrogens is 428 g/mol. The molecule has 11 heteroatoms. The molecule has 2 aliphatic rings. The monoisotopic (exact) mass is 459 g/mol. The summed E-state index contributed by atoms with van der Waals surface area (Å²) in [6, 6.07) is 0.379. The lowest BCUT2D eigenvalue weighted by atomic mass is 10.1. The van der Waals surface area contributed by atoms with Gasteiger partial charge in [0.15, 0.2) is 0 Å². The number of rotatable bonds is 5. The second-order valence-corrected chi connectivity index (χ2v) is 9.73. The standard InChI is InChI=1S/C20H27F2N5O3S/c1-12-4-3-5-16(12)27-18-13(10-15(17(21)22)19(27)28)11-23-20(25-18)24-14-6-8-26(9-7-14)31(2,29)30/h10-12,14,16-17H,3-9H2,1-2H3,(H,23,24,25)/t12-,16+/m0/s1/i2D3,17D. The highest BCUT2D eigenvalue weighted by Crippen LogP contribution is 2.36. The number of nitrogens with one attached hydrogen (secondary N) is 1. The van der Waals surface area contributed by atoms with E-state index in [1.54, 1.807) is 0 Å². The van der Waals surface area contributed by atoms with Crippen molar-refractivity contribution in [2.24, 2.45) is 5.92 Å². The topological polar surface area (TPSA) is 97.2 Å². The minimum Gasteiger partial charge on any atom is -0.351 e. The maximum Gasteiger partial charge on any atom is 0.269 e. The van der Waals surface area contributed by atoms with Crippen LogP contribution in [0.25, 0.3) is 11.0 Å². The van der Waals surface area contributed by atoms with E-state index in [1.165, 1.54) is 10.8 Å². The molecule has 170 valence electrons. The zero-order valence-electron chi connectivity index (χ0n) is 21.0. The third-order valence-electron chi connectivity index (χ3n) is 6.25. The number of pyridine rings is 1. The van der Waals surface area contributed by atoms with E-state index >= 15 is 0 Å². The number of hydrogen-bond donors (Lipinski definition) is 1. The van der Waals surface area contributed by atoms with Gasteiger partial charge in [0, 0.05) is 40.9 Å². The number of sulfonamides is 1. The first-order chi connectivity index (χ1) is 16.2. The molecule has 4 rings (SSSR count). The summed E-state index contributed by atoms with van der Waals surface area (Å²) in [4.78, 5) is 21.7. The number of alkyl halides is 2. The molecule has 0 amide bonds. The van der Waals surface area contributed by atoms with Crippen molar-refractivity contribution in [2.45, 2.75) is 57.5 Å².